The van der Waals surface area contributed by atoms with E-state index in [9.17, 15) is 0 Å². The third-order valence-electron chi connectivity index (χ3n) is 1.71. The van der Waals surface area contributed by atoms with Gasteiger partial charge in [0.15, 0.2) is 0 Å². The maximum absolute atomic E-state index is 5.97. The van der Waals surface area contributed by atoms with Crippen LogP contribution in [0.1, 0.15) is 31.2 Å². The molecule has 1 rings (SSSR count). The summed E-state index contributed by atoms with van der Waals surface area (Å²) in [5.41, 5.74) is 5.97. The summed E-state index contributed by atoms with van der Waals surface area (Å²) in [6.45, 7) is 4.34. The van der Waals surface area contributed by atoms with Crippen LogP contribution in [0.4, 0.5) is 0 Å². The third-order valence-corrected chi connectivity index (χ3v) is 3.20. The van der Waals surface area contributed by atoms with Crippen LogP contribution in [0.15, 0.2) is 11.4 Å². The molecule has 0 aliphatic rings. The van der Waals surface area contributed by atoms with Gasteiger partial charge in [0.05, 0.1) is 5.02 Å². The maximum Gasteiger partial charge on any atom is 0.0561 e. The molecule has 1 aromatic rings. The van der Waals surface area contributed by atoms with Gasteiger partial charge in [0.1, 0.15) is 0 Å². The Balaban J connectivity index is 2.65. The van der Waals surface area contributed by atoms with E-state index in [-0.39, 0.29) is 6.04 Å². The van der Waals surface area contributed by atoms with Crippen LogP contribution in [-0.4, -0.2) is 0 Å². The molecule has 1 aromatic heterocycles. The van der Waals surface area contributed by atoms with E-state index in [1.54, 1.807) is 11.3 Å². The van der Waals surface area contributed by atoms with Crippen LogP contribution in [0.25, 0.3) is 0 Å². The molecule has 0 saturated carbocycles. The van der Waals surface area contributed by atoms with E-state index in [1.165, 1.54) is 0 Å². The fourth-order valence-electron chi connectivity index (χ4n) is 1.18. The molecule has 0 radical (unpaired) electrons. The van der Waals surface area contributed by atoms with Crippen molar-refractivity contribution in [2.75, 3.05) is 0 Å². The van der Waals surface area contributed by atoms with Crippen molar-refractivity contribution in [1.29, 1.82) is 0 Å². The summed E-state index contributed by atoms with van der Waals surface area (Å²) in [7, 11) is 0. The Hall–Kier alpha value is -0.0500. The van der Waals surface area contributed by atoms with E-state index in [1.807, 2.05) is 11.4 Å². The fourth-order valence-corrected chi connectivity index (χ4v) is 2.40. The van der Waals surface area contributed by atoms with Crippen LogP contribution in [0, 0.1) is 5.92 Å². The van der Waals surface area contributed by atoms with E-state index in [2.05, 4.69) is 13.8 Å². The summed E-state index contributed by atoms with van der Waals surface area (Å²) in [4.78, 5) is 1.12. The smallest absolute Gasteiger partial charge is 0.0561 e. The predicted octanol–water partition coefficient (Wildman–Crippen LogP) is 3.45. The van der Waals surface area contributed by atoms with Gasteiger partial charge in [-0.15, -0.1) is 11.3 Å². The maximum atomic E-state index is 5.97. The standard InChI is InChI=1S/C9H14ClNS/c1-6(2)5-8(11)9-7(10)3-4-12-9/h3-4,6,8H,5,11H2,1-2H3. The minimum atomic E-state index is 0.109. The van der Waals surface area contributed by atoms with E-state index in [4.69, 9.17) is 17.3 Å². The summed E-state index contributed by atoms with van der Waals surface area (Å²) in [5, 5.41) is 2.80. The van der Waals surface area contributed by atoms with Crippen molar-refractivity contribution in [3.63, 3.8) is 0 Å². The predicted molar refractivity (Wildman–Crippen MR) is 55.7 cm³/mol. The molecule has 0 aliphatic carbocycles. The fraction of sp³-hybridized carbons (Fsp3) is 0.556. The number of hydrogen-bond acceptors (Lipinski definition) is 2. The molecule has 68 valence electrons. The van der Waals surface area contributed by atoms with Crippen molar-refractivity contribution in [3.8, 4) is 0 Å². The quantitative estimate of drug-likeness (QED) is 0.800. The minimum absolute atomic E-state index is 0.109. The average molecular weight is 204 g/mol. The number of hydrogen-bond donors (Lipinski definition) is 1. The van der Waals surface area contributed by atoms with Gasteiger partial charge >= 0.3 is 0 Å². The molecule has 0 aromatic carbocycles. The molecule has 1 atom stereocenters. The number of thiophene rings is 1. The lowest BCUT2D eigenvalue weighted by molar-refractivity contribution is 0.515. The van der Waals surface area contributed by atoms with Gasteiger partial charge in [0, 0.05) is 10.9 Å². The van der Waals surface area contributed by atoms with Crippen LogP contribution >= 0.6 is 22.9 Å². The second-order valence-corrected chi connectivity index (χ2v) is 4.72. The van der Waals surface area contributed by atoms with Crippen molar-refractivity contribution in [3.05, 3.63) is 21.3 Å². The topological polar surface area (TPSA) is 26.0 Å². The highest BCUT2D eigenvalue weighted by atomic mass is 35.5. The Morgan fingerprint density at radius 2 is 2.25 bits per heavy atom. The molecule has 1 unspecified atom stereocenters. The Morgan fingerprint density at radius 3 is 2.67 bits per heavy atom. The zero-order chi connectivity index (χ0) is 9.14. The summed E-state index contributed by atoms with van der Waals surface area (Å²) in [6.07, 6.45) is 1.00. The van der Waals surface area contributed by atoms with Crippen molar-refractivity contribution >= 4 is 22.9 Å². The zero-order valence-corrected chi connectivity index (χ0v) is 8.95. The van der Waals surface area contributed by atoms with Gasteiger partial charge in [-0.1, -0.05) is 25.4 Å². The lowest BCUT2D eigenvalue weighted by Gasteiger charge is -2.12. The first-order valence-corrected chi connectivity index (χ1v) is 5.35. The first kappa shape index (κ1) is 10.0. The summed E-state index contributed by atoms with van der Waals surface area (Å²) in [5.74, 6) is 0.623. The zero-order valence-electron chi connectivity index (χ0n) is 7.38. The second kappa shape index (κ2) is 4.26. The second-order valence-electron chi connectivity index (χ2n) is 3.37. The molecule has 0 amide bonds. The third kappa shape index (κ3) is 2.47. The lowest BCUT2D eigenvalue weighted by Crippen LogP contribution is -2.11. The minimum Gasteiger partial charge on any atom is -0.323 e. The molecule has 1 heterocycles. The highest BCUT2D eigenvalue weighted by Gasteiger charge is 2.12. The molecule has 3 heteroatoms. The molecule has 0 spiro atoms. The van der Waals surface area contributed by atoms with E-state index < -0.39 is 0 Å². The molecule has 0 saturated heterocycles. The van der Waals surface area contributed by atoms with Crippen LogP contribution in [0.3, 0.4) is 0 Å². The normalized spacial score (nSPS) is 13.8. The van der Waals surface area contributed by atoms with Crippen LogP contribution in [0.2, 0.25) is 5.02 Å². The highest BCUT2D eigenvalue weighted by Crippen LogP contribution is 2.30. The molecular formula is C9H14ClNS. The molecular weight excluding hydrogens is 190 g/mol. The molecule has 1 nitrogen and oxygen atoms in total. The first-order chi connectivity index (χ1) is 5.61. The SMILES string of the molecule is CC(C)CC(N)c1sccc1Cl. The van der Waals surface area contributed by atoms with Crippen LogP contribution in [0.5, 0.6) is 0 Å². The van der Waals surface area contributed by atoms with Gasteiger partial charge in [0.25, 0.3) is 0 Å². The summed E-state index contributed by atoms with van der Waals surface area (Å²) in [6, 6.07) is 2.01. The molecule has 0 bridgehead atoms. The van der Waals surface area contributed by atoms with Gasteiger partial charge in [0.2, 0.25) is 0 Å². The Labute approximate surface area is 82.5 Å². The van der Waals surface area contributed by atoms with Crippen molar-refractivity contribution in [2.24, 2.45) is 11.7 Å². The van der Waals surface area contributed by atoms with E-state index in [0.29, 0.717) is 5.92 Å². The number of halogens is 1. The lowest BCUT2D eigenvalue weighted by atomic mass is 10.0. The molecule has 12 heavy (non-hydrogen) atoms. The van der Waals surface area contributed by atoms with Crippen molar-refractivity contribution < 1.29 is 0 Å². The Kier molecular flexibility index (Phi) is 3.56. The van der Waals surface area contributed by atoms with Gasteiger partial charge < -0.3 is 5.73 Å². The van der Waals surface area contributed by atoms with Crippen LogP contribution < -0.4 is 5.73 Å². The van der Waals surface area contributed by atoms with Crippen LogP contribution in [-0.2, 0) is 0 Å². The largest absolute Gasteiger partial charge is 0.323 e. The Bertz CT molecular complexity index is 244. The average Bonchev–Trinajstić information content (AvgIpc) is 2.33. The summed E-state index contributed by atoms with van der Waals surface area (Å²) < 4.78 is 0. The van der Waals surface area contributed by atoms with Gasteiger partial charge in [-0.25, -0.2) is 0 Å². The molecule has 2 N–H and O–H groups in total. The first-order valence-electron chi connectivity index (χ1n) is 4.09. The summed E-state index contributed by atoms with van der Waals surface area (Å²) >= 11 is 7.59. The number of rotatable bonds is 3. The van der Waals surface area contributed by atoms with Gasteiger partial charge in [-0.05, 0) is 23.8 Å². The van der Waals surface area contributed by atoms with E-state index >= 15 is 0 Å². The van der Waals surface area contributed by atoms with E-state index in [0.717, 1.165) is 16.3 Å². The van der Waals surface area contributed by atoms with Gasteiger partial charge in [-0.3, -0.25) is 0 Å². The molecule has 0 fully saturated rings. The monoisotopic (exact) mass is 203 g/mol. The number of nitrogens with two attached hydrogens (primary N) is 1. The highest BCUT2D eigenvalue weighted by molar-refractivity contribution is 7.10. The van der Waals surface area contributed by atoms with Gasteiger partial charge in [-0.2, -0.15) is 0 Å². The van der Waals surface area contributed by atoms with Crippen molar-refractivity contribution in [2.45, 2.75) is 26.3 Å². The Morgan fingerprint density at radius 1 is 1.58 bits per heavy atom. The van der Waals surface area contributed by atoms with Crippen molar-refractivity contribution in [1.82, 2.24) is 0 Å². The molecule has 0 aliphatic heterocycles.